The predicted molar refractivity (Wildman–Crippen MR) is 88.0 cm³/mol. The first-order valence-corrected chi connectivity index (χ1v) is 8.48. The van der Waals surface area contributed by atoms with E-state index in [1.807, 2.05) is 25.1 Å². The Bertz CT molecular complexity index is 426. The molecule has 1 unspecified atom stereocenters. The summed E-state index contributed by atoms with van der Waals surface area (Å²) >= 11 is 1.75. The fourth-order valence-electron chi connectivity index (χ4n) is 2.02. The Morgan fingerprint density at radius 1 is 1.33 bits per heavy atom. The van der Waals surface area contributed by atoms with Gasteiger partial charge >= 0.3 is 5.97 Å². The Labute approximate surface area is 131 Å². The molecule has 0 radical (unpaired) electrons. The van der Waals surface area contributed by atoms with E-state index in [4.69, 9.17) is 4.74 Å². The zero-order valence-corrected chi connectivity index (χ0v) is 13.9. The SMILES string of the molecule is CCNC(CSCCC(=O)OC)c1ccccc1OCC. The van der Waals surface area contributed by atoms with Crippen molar-refractivity contribution in [2.45, 2.75) is 26.3 Å². The Morgan fingerprint density at radius 3 is 2.76 bits per heavy atom. The smallest absolute Gasteiger partial charge is 0.306 e. The maximum atomic E-state index is 11.1. The van der Waals surface area contributed by atoms with Crippen LogP contribution in [-0.2, 0) is 9.53 Å². The van der Waals surface area contributed by atoms with Crippen LogP contribution in [-0.4, -0.2) is 37.7 Å². The highest BCUT2D eigenvalue weighted by molar-refractivity contribution is 7.99. The van der Waals surface area contributed by atoms with E-state index < -0.39 is 0 Å². The molecule has 0 aliphatic rings. The summed E-state index contributed by atoms with van der Waals surface area (Å²) in [7, 11) is 1.42. The highest BCUT2D eigenvalue weighted by Gasteiger charge is 2.15. The highest BCUT2D eigenvalue weighted by atomic mass is 32.2. The van der Waals surface area contributed by atoms with E-state index in [-0.39, 0.29) is 12.0 Å². The number of nitrogens with one attached hydrogen (secondary N) is 1. The molecule has 21 heavy (non-hydrogen) atoms. The van der Waals surface area contributed by atoms with Crippen molar-refractivity contribution in [3.8, 4) is 5.75 Å². The summed E-state index contributed by atoms with van der Waals surface area (Å²) in [6.45, 7) is 5.63. The topological polar surface area (TPSA) is 47.6 Å². The van der Waals surface area contributed by atoms with Crippen LogP contribution < -0.4 is 10.1 Å². The van der Waals surface area contributed by atoms with Gasteiger partial charge in [-0.05, 0) is 19.5 Å². The van der Waals surface area contributed by atoms with Crippen LogP contribution in [0.15, 0.2) is 24.3 Å². The molecule has 4 nitrogen and oxygen atoms in total. The number of carbonyl (C=O) groups is 1. The zero-order chi connectivity index (χ0) is 15.5. The lowest BCUT2D eigenvalue weighted by molar-refractivity contribution is -0.140. The van der Waals surface area contributed by atoms with Crippen molar-refractivity contribution < 1.29 is 14.3 Å². The Hall–Kier alpha value is -1.20. The van der Waals surface area contributed by atoms with E-state index >= 15 is 0 Å². The molecule has 0 amide bonds. The molecule has 0 aliphatic carbocycles. The van der Waals surface area contributed by atoms with Gasteiger partial charge < -0.3 is 14.8 Å². The van der Waals surface area contributed by atoms with Crippen molar-refractivity contribution >= 4 is 17.7 Å². The van der Waals surface area contributed by atoms with Gasteiger partial charge in [0.25, 0.3) is 0 Å². The molecule has 5 heteroatoms. The van der Waals surface area contributed by atoms with Crippen molar-refractivity contribution in [2.75, 3.05) is 31.8 Å². The minimum atomic E-state index is -0.155. The second-order valence-electron chi connectivity index (χ2n) is 4.48. The van der Waals surface area contributed by atoms with E-state index in [2.05, 4.69) is 23.0 Å². The van der Waals surface area contributed by atoms with Gasteiger partial charge in [0.05, 0.1) is 20.1 Å². The van der Waals surface area contributed by atoms with Crippen LogP contribution in [0.25, 0.3) is 0 Å². The van der Waals surface area contributed by atoms with Gasteiger partial charge in [0.1, 0.15) is 5.75 Å². The molecule has 0 spiro atoms. The van der Waals surface area contributed by atoms with E-state index in [0.717, 1.165) is 23.8 Å². The number of hydrogen-bond acceptors (Lipinski definition) is 5. The fourth-order valence-corrected chi connectivity index (χ4v) is 3.03. The Kier molecular flexibility index (Phi) is 8.94. The number of hydrogen-bond donors (Lipinski definition) is 1. The number of methoxy groups -OCH3 is 1. The number of para-hydroxylation sites is 1. The minimum absolute atomic E-state index is 0.155. The standard InChI is InChI=1S/C16H25NO3S/c1-4-17-14(12-21-11-10-16(18)19-3)13-8-6-7-9-15(13)20-5-2/h6-9,14,17H,4-5,10-12H2,1-3H3. The first-order chi connectivity index (χ1) is 10.2. The van der Waals surface area contributed by atoms with Crippen LogP contribution in [0, 0.1) is 0 Å². The van der Waals surface area contributed by atoms with Gasteiger partial charge in [-0.3, -0.25) is 4.79 Å². The molecule has 1 N–H and O–H groups in total. The summed E-state index contributed by atoms with van der Waals surface area (Å²) in [4.78, 5) is 11.1. The molecule has 0 aliphatic heterocycles. The lowest BCUT2D eigenvalue weighted by Gasteiger charge is -2.21. The first-order valence-electron chi connectivity index (χ1n) is 7.32. The van der Waals surface area contributed by atoms with Gasteiger partial charge in [-0.2, -0.15) is 11.8 Å². The zero-order valence-electron chi connectivity index (χ0n) is 13.1. The number of benzene rings is 1. The van der Waals surface area contributed by atoms with Gasteiger partial charge in [0, 0.05) is 23.1 Å². The Balaban J connectivity index is 2.62. The third-order valence-electron chi connectivity index (χ3n) is 3.01. The van der Waals surface area contributed by atoms with Crippen molar-refractivity contribution in [1.29, 1.82) is 0 Å². The number of esters is 1. The predicted octanol–water partition coefficient (Wildman–Crippen LogP) is 3.03. The maximum absolute atomic E-state index is 11.1. The third kappa shape index (κ3) is 6.40. The van der Waals surface area contributed by atoms with E-state index in [0.29, 0.717) is 13.0 Å². The van der Waals surface area contributed by atoms with Crippen molar-refractivity contribution in [2.24, 2.45) is 0 Å². The normalized spacial score (nSPS) is 12.0. The van der Waals surface area contributed by atoms with Crippen molar-refractivity contribution in [1.82, 2.24) is 5.32 Å². The van der Waals surface area contributed by atoms with Crippen LogP contribution in [0.5, 0.6) is 5.75 Å². The molecule has 118 valence electrons. The summed E-state index contributed by atoms with van der Waals surface area (Å²) in [5, 5.41) is 3.48. The van der Waals surface area contributed by atoms with E-state index in [1.165, 1.54) is 12.7 Å². The quantitative estimate of drug-likeness (QED) is 0.531. The molecule has 1 rings (SSSR count). The molecular weight excluding hydrogens is 286 g/mol. The summed E-state index contributed by atoms with van der Waals surface area (Å²) in [5.41, 5.74) is 1.17. The molecule has 0 saturated heterocycles. The van der Waals surface area contributed by atoms with Gasteiger partial charge in [0.2, 0.25) is 0 Å². The fraction of sp³-hybridized carbons (Fsp3) is 0.562. The largest absolute Gasteiger partial charge is 0.494 e. The van der Waals surface area contributed by atoms with Crippen LogP contribution in [0.2, 0.25) is 0 Å². The molecular formula is C16H25NO3S. The number of carbonyl (C=O) groups excluding carboxylic acids is 1. The molecule has 0 aromatic heterocycles. The maximum Gasteiger partial charge on any atom is 0.306 e. The van der Waals surface area contributed by atoms with E-state index in [9.17, 15) is 4.79 Å². The summed E-state index contributed by atoms with van der Waals surface area (Å²) in [5.74, 6) is 2.44. The lowest BCUT2D eigenvalue weighted by Crippen LogP contribution is -2.24. The first kappa shape index (κ1) is 17.9. The van der Waals surface area contributed by atoms with Gasteiger partial charge in [0.15, 0.2) is 0 Å². The average Bonchev–Trinajstić information content (AvgIpc) is 2.51. The molecule has 0 heterocycles. The van der Waals surface area contributed by atoms with E-state index in [1.54, 1.807) is 11.8 Å². The summed E-state index contributed by atoms with van der Waals surface area (Å²) < 4.78 is 10.4. The molecule has 0 saturated carbocycles. The van der Waals surface area contributed by atoms with Crippen LogP contribution in [0.4, 0.5) is 0 Å². The van der Waals surface area contributed by atoms with Gasteiger partial charge in [-0.15, -0.1) is 0 Å². The second kappa shape index (κ2) is 10.5. The second-order valence-corrected chi connectivity index (χ2v) is 5.63. The van der Waals surface area contributed by atoms with Crippen LogP contribution in [0.1, 0.15) is 31.9 Å². The molecule has 1 atom stereocenters. The number of ether oxygens (including phenoxy) is 2. The minimum Gasteiger partial charge on any atom is -0.494 e. The number of rotatable bonds is 10. The third-order valence-corrected chi connectivity index (χ3v) is 4.07. The van der Waals surface area contributed by atoms with Crippen molar-refractivity contribution in [3.05, 3.63) is 29.8 Å². The van der Waals surface area contributed by atoms with Crippen molar-refractivity contribution in [3.63, 3.8) is 0 Å². The molecule has 1 aromatic rings. The highest BCUT2D eigenvalue weighted by Crippen LogP contribution is 2.27. The Morgan fingerprint density at radius 2 is 2.10 bits per heavy atom. The summed E-state index contributed by atoms with van der Waals surface area (Å²) in [6.07, 6.45) is 0.452. The lowest BCUT2D eigenvalue weighted by atomic mass is 10.1. The van der Waals surface area contributed by atoms with Gasteiger partial charge in [-0.25, -0.2) is 0 Å². The summed E-state index contributed by atoms with van der Waals surface area (Å²) in [6, 6.07) is 8.34. The van der Waals surface area contributed by atoms with Crippen LogP contribution in [0.3, 0.4) is 0 Å². The average molecular weight is 311 g/mol. The molecule has 0 bridgehead atoms. The monoisotopic (exact) mass is 311 g/mol. The molecule has 1 aromatic carbocycles. The van der Waals surface area contributed by atoms with Crippen LogP contribution >= 0.6 is 11.8 Å². The van der Waals surface area contributed by atoms with Gasteiger partial charge in [-0.1, -0.05) is 25.1 Å². The molecule has 0 fully saturated rings. The number of thioether (sulfide) groups is 1.